The monoisotopic (exact) mass is 110 g/mol. The highest BCUT2D eigenvalue weighted by Gasteiger charge is 2.08. The molecule has 1 saturated heterocycles. The Kier molecular flexibility index (Phi) is 2.10. The molecule has 0 unspecified atom stereocenters. The van der Waals surface area contributed by atoms with E-state index in [0.29, 0.717) is 0 Å². The second-order valence-electron chi connectivity index (χ2n) is 2.24. The lowest BCUT2D eigenvalue weighted by Gasteiger charge is -2.16. The van der Waals surface area contributed by atoms with Gasteiger partial charge in [0, 0.05) is 13.1 Å². The molecule has 0 spiro atoms. The Bertz CT molecular complexity index is 72.5. The summed E-state index contributed by atoms with van der Waals surface area (Å²) in [5.41, 5.74) is 0. The highest BCUT2D eigenvalue weighted by Crippen LogP contribution is 2.11. The number of rotatable bonds is 1. The Labute approximate surface area is 50.8 Å². The first-order chi connectivity index (χ1) is 3.93. The van der Waals surface area contributed by atoms with Gasteiger partial charge in [0.05, 0.1) is 0 Å². The minimum atomic E-state index is 0.757. The Morgan fingerprint density at radius 2 is 2.00 bits per heavy atom. The molecular formula is C7H12N. The third-order valence-electron chi connectivity index (χ3n) is 1.65. The van der Waals surface area contributed by atoms with Gasteiger partial charge in [-0.25, -0.2) is 5.32 Å². The first-order valence-electron chi connectivity index (χ1n) is 3.19. The van der Waals surface area contributed by atoms with Crippen LogP contribution in [0.5, 0.6) is 0 Å². The highest BCUT2D eigenvalue weighted by molar-refractivity contribution is 4.82. The van der Waals surface area contributed by atoms with Crippen molar-refractivity contribution in [3.63, 3.8) is 0 Å². The van der Waals surface area contributed by atoms with Crippen molar-refractivity contribution in [1.82, 2.24) is 5.32 Å². The van der Waals surface area contributed by atoms with Crippen molar-refractivity contribution in [3.8, 4) is 0 Å². The van der Waals surface area contributed by atoms with Crippen molar-refractivity contribution in [1.29, 1.82) is 0 Å². The molecule has 0 aromatic rings. The van der Waals surface area contributed by atoms with Crippen LogP contribution in [0.3, 0.4) is 0 Å². The summed E-state index contributed by atoms with van der Waals surface area (Å²) < 4.78 is 0. The molecular weight excluding hydrogens is 98.1 g/mol. The molecule has 0 saturated carbocycles. The molecule has 8 heavy (non-hydrogen) atoms. The first kappa shape index (κ1) is 5.83. The fraction of sp³-hybridized carbons (Fsp3) is 0.714. The van der Waals surface area contributed by atoms with Gasteiger partial charge < -0.3 is 0 Å². The Balaban J connectivity index is 2.22. The van der Waals surface area contributed by atoms with E-state index in [1.54, 1.807) is 0 Å². The van der Waals surface area contributed by atoms with Gasteiger partial charge in [0.15, 0.2) is 0 Å². The quantitative estimate of drug-likeness (QED) is 0.450. The molecule has 0 atom stereocenters. The predicted molar refractivity (Wildman–Crippen MR) is 34.8 cm³/mol. The number of hydrogen-bond acceptors (Lipinski definition) is 0. The van der Waals surface area contributed by atoms with Crippen LogP contribution in [0.25, 0.3) is 0 Å². The second kappa shape index (κ2) is 2.88. The first-order valence-corrected chi connectivity index (χ1v) is 3.19. The lowest BCUT2D eigenvalue weighted by Crippen LogP contribution is -2.20. The predicted octanol–water partition coefficient (Wildman–Crippen LogP) is 1.19. The van der Waals surface area contributed by atoms with Crippen molar-refractivity contribution in [2.24, 2.45) is 5.92 Å². The molecule has 1 aliphatic rings. The van der Waals surface area contributed by atoms with Crippen molar-refractivity contribution in [3.05, 3.63) is 12.7 Å². The zero-order valence-corrected chi connectivity index (χ0v) is 5.14. The minimum Gasteiger partial charge on any atom is -0.242 e. The summed E-state index contributed by atoms with van der Waals surface area (Å²) in [6, 6.07) is 0. The molecule has 0 aromatic heterocycles. The van der Waals surface area contributed by atoms with Crippen LogP contribution in [0.2, 0.25) is 0 Å². The van der Waals surface area contributed by atoms with E-state index < -0.39 is 0 Å². The molecule has 0 amide bonds. The SMILES string of the molecule is C=CC1CC[N]CC1. The van der Waals surface area contributed by atoms with E-state index in [1.807, 2.05) is 0 Å². The van der Waals surface area contributed by atoms with Crippen molar-refractivity contribution in [2.75, 3.05) is 13.1 Å². The van der Waals surface area contributed by atoms with Gasteiger partial charge in [0.25, 0.3) is 0 Å². The molecule has 1 rings (SSSR count). The Morgan fingerprint density at radius 3 is 2.38 bits per heavy atom. The van der Waals surface area contributed by atoms with Crippen LogP contribution in [-0.4, -0.2) is 13.1 Å². The van der Waals surface area contributed by atoms with Crippen LogP contribution < -0.4 is 5.32 Å². The minimum absolute atomic E-state index is 0.757. The largest absolute Gasteiger partial charge is 0.242 e. The van der Waals surface area contributed by atoms with Gasteiger partial charge in [-0.1, -0.05) is 6.08 Å². The normalized spacial score (nSPS) is 23.0. The summed E-state index contributed by atoms with van der Waals surface area (Å²) >= 11 is 0. The second-order valence-corrected chi connectivity index (χ2v) is 2.24. The Morgan fingerprint density at radius 1 is 1.38 bits per heavy atom. The van der Waals surface area contributed by atoms with Crippen LogP contribution in [0.4, 0.5) is 0 Å². The van der Waals surface area contributed by atoms with Gasteiger partial charge in [-0.05, 0) is 18.8 Å². The summed E-state index contributed by atoms with van der Waals surface area (Å²) in [6.07, 6.45) is 4.50. The molecule has 0 aromatic carbocycles. The van der Waals surface area contributed by atoms with E-state index in [-0.39, 0.29) is 0 Å². The highest BCUT2D eigenvalue weighted by atomic mass is 14.9. The van der Waals surface area contributed by atoms with E-state index in [0.717, 1.165) is 19.0 Å². The number of piperidine rings is 1. The molecule has 1 aliphatic heterocycles. The lowest BCUT2D eigenvalue weighted by molar-refractivity contribution is 0.431. The van der Waals surface area contributed by atoms with E-state index >= 15 is 0 Å². The van der Waals surface area contributed by atoms with Gasteiger partial charge in [-0.2, -0.15) is 0 Å². The van der Waals surface area contributed by atoms with Crippen LogP contribution in [0, 0.1) is 5.92 Å². The van der Waals surface area contributed by atoms with Gasteiger partial charge in [0.2, 0.25) is 0 Å². The van der Waals surface area contributed by atoms with Crippen molar-refractivity contribution < 1.29 is 0 Å². The van der Waals surface area contributed by atoms with Gasteiger partial charge in [0.1, 0.15) is 0 Å². The van der Waals surface area contributed by atoms with Crippen LogP contribution in [-0.2, 0) is 0 Å². The third-order valence-corrected chi connectivity index (χ3v) is 1.65. The van der Waals surface area contributed by atoms with Crippen LogP contribution in [0.1, 0.15) is 12.8 Å². The van der Waals surface area contributed by atoms with Crippen molar-refractivity contribution in [2.45, 2.75) is 12.8 Å². The summed E-state index contributed by atoms with van der Waals surface area (Å²) in [5, 5.41) is 4.23. The number of nitrogens with zero attached hydrogens (tertiary/aromatic N) is 1. The molecule has 0 aliphatic carbocycles. The zero-order chi connectivity index (χ0) is 5.82. The molecule has 45 valence electrons. The molecule has 0 N–H and O–H groups in total. The van der Waals surface area contributed by atoms with E-state index in [2.05, 4.69) is 18.0 Å². The van der Waals surface area contributed by atoms with Gasteiger partial charge in [-0.15, -0.1) is 6.58 Å². The molecule has 0 bridgehead atoms. The third kappa shape index (κ3) is 1.34. The maximum Gasteiger partial charge on any atom is 0.0138 e. The summed E-state index contributed by atoms with van der Waals surface area (Å²) in [4.78, 5) is 0. The van der Waals surface area contributed by atoms with E-state index in [9.17, 15) is 0 Å². The number of allylic oxidation sites excluding steroid dienone is 1. The summed E-state index contributed by atoms with van der Waals surface area (Å²) in [6.45, 7) is 5.85. The van der Waals surface area contributed by atoms with Crippen LogP contribution >= 0.6 is 0 Å². The number of hydrogen-bond donors (Lipinski definition) is 0. The van der Waals surface area contributed by atoms with E-state index in [4.69, 9.17) is 0 Å². The van der Waals surface area contributed by atoms with Gasteiger partial charge >= 0.3 is 0 Å². The van der Waals surface area contributed by atoms with E-state index in [1.165, 1.54) is 12.8 Å². The van der Waals surface area contributed by atoms with Gasteiger partial charge in [-0.3, -0.25) is 0 Å². The Hall–Kier alpha value is -0.300. The lowest BCUT2D eigenvalue weighted by atomic mass is 9.99. The average Bonchev–Trinajstić information content (AvgIpc) is 1.90. The zero-order valence-electron chi connectivity index (χ0n) is 5.14. The fourth-order valence-corrected chi connectivity index (χ4v) is 1.01. The smallest absolute Gasteiger partial charge is 0.0138 e. The summed E-state index contributed by atoms with van der Waals surface area (Å²) in [7, 11) is 0. The molecule has 1 heteroatoms. The summed E-state index contributed by atoms with van der Waals surface area (Å²) in [5.74, 6) is 0.757. The average molecular weight is 110 g/mol. The maximum absolute atomic E-state index is 4.23. The van der Waals surface area contributed by atoms with Crippen LogP contribution in [0.15, 0.2) is 12.7 Å². The van der Waals surface area contributed by atoms with Crippen molar-refractivity contribution >= 4 is 0 Å². The topological polar surface area (TPSA) is 14.1 Å². The molecule has 1 heterocycles. The fourth-order valence-electron chi connectivity index (χ4n) is 1.01. The molecule has 1 nitrogen and oxygen atoms in total. The maximum atomic E-state index is 4.23. The standard InChI is InChI=1S/C7H12N/c1-2-7-3-5-8-6-4-7/h2,7H,1,3-6H2. The molecule has 1 fully saturated rings. The molecule has 1 radical (unpaired) electrons.